The lowest BCUT2D eigenvalue weighted by molar-refractivity contribution is -0.143. The molecule has 29 heavy (non-hydrogen) atoms. The topological polar surface area (TPSA) is 73.7 Å². The minimum absolute atomic E-state index is 0.0259. The number of para-hydroxylation sites is 2. The molecule has 7 nitrogen and oxygen atoms in total. The van der Waals surface area contributed by atoms with Crippen LogP contribution in [0.3, 0.4) is 0 Å². The van der Waals surface area contributed by atoms with E-state index in [-0.39, 0.29) is 24.3 Å². The van der Waals surface area contributed by atoms with Crippen molar-refractivity contribution in [2.45, 2.75) is 25.8 Å². The van der Waals surface area contributed by atoms with E-state index in [1.54, 1.807) is 18.9 Å². The van der Waals surface area contributed by atoms with Gasteiger partial charge in [-0.2, -0.15) is 0 Å². The Hall–Kier alpha value is -3.35. The fraction of sp³-hybridized carbons (Fsp3) is 0.318. The molecule has 1 fully saturated rings. The number of methoxy groups -OCH3 is 1. The van der Waals surface area contributed by atoms with Crippen LogP contribution in [0.25, 0.3) is 11.0 Å². The number of aromatic nitrogens is 2. The lowest BCUT2D eigenvalue weighted by Gasteiger charge is -2.18. The molecule has 2 heterocycles. The van der Waals surface area contributed by atoms with E-state index in [2.05, 4.69) is 0 Å². The molecular formula is C22H23N3O4. The summed E-state index contributed by atoms with van der Waals surface area (Å²) in [6.07, 6.45) is 0.337. The maximum absolute atomic E-state index is 12.8. The third kappa shape index (κ3) is 3.68. The molecule has 1 aliphatic heterocycles. The lowest BCUT2D eigenvalue weighted by Crippen LogP contribution is -2.24. The number of imidazole rings is 1. The first-order valence-electron chi connectivity index (χ1n) is 9.66. The summed E-state index contributed by atoms with van der Waals surface area (Å²) in [5, 5.41) is 0. The van der Waals surface area contributed by atoms with Gasteiger partial charge in [0.05, 0.1) is 24.8 Å². The fourth-order valence-corrected chi connectivity index (χ4v) is 3.82. The van der Waals surface area contributed by atoms with Crippen LogP contribution in [0.5, 0.6) is 5.75 Å². The number of ether oxygens (including phenoxy) is 2. The van der Waals surface area contributed by atoms with Gasteiger partial charge in [-0.05, 0) is 31.2 Å². The molecular weight excluding hydrogens is 370 g/mol. The Labute approximate surface area is 168 Å². The van der Waals surface area contributed by atoms with Gasteiger partial charge in [-0.3, -0.25) is 9.59 Å². The average Bonchev–Trinajstić information content (AvgIpc) is 3.29. The number of amides is 1. The summed E-state index contributed by atoms with van der Waals surface area (Å²) in [4.78, 5) is 31.5. The minimum atomic E-state index is -0.314. The molecule has 0 saturated carbocycles. The van der Waals surface area contributed by atoms with Gasteiger partial charge >= 0.3 is 5.97 Å². The molecule has 2 aromatic carbocycles. The van der Waals surface area contributed by atoms with E-state index in [1.807, 2.05) is 53.1 Å². The quantitative estimate of drug-likeness (QED) is 0.602. The third-order valence-electron chi connectivity index (χ3n) is 5.13. The zero-order chi connectivity index (χ0) is 20.4. The number of anilines is 1. The van der Waals surface area contributed by atoms with E-state index < -0.39 is 0 Å². The second kappa shape index (κ2) is 7.95. The molecule has 0 aliphatic carbocycles. The Morgan fingerprint density at radius 1 is 1.21 bits per heavy atom. The summed E-state index contributed by atoms with van der Waals surface area (Å²) in [5.74, 6) is 1.03. The van der Waals surface area contributed by atoms with Crippen LogP contribution >= 0.6 is 0 Å². The first kappa shape index (κ1) is 19.0. The van der Waals surface area contributed by atoms with Crippen molar-refractivity contribution in [2.24, 2.45) is 0 Å². The van der Waals surface area contributed by atoms with Gasteiger partial charge in [0.2, 0.25) is 5.91 Å². The zero-order valence-corrected chi connectivity index (χ0v) is 16.5. The smallest absolute Gasteiger partial charge is 0.326 e. The Balaban J connectivity index is 1.67. The van der Waals surface area contributed by atoms with Gasteiger partial charge < -0.3 is 18.9 Å². The SMILES string of the molecule is CCOC(=O)Cn1c(C2CC(=O)N(c3cccc(OC)c3)C2)nc2ccccc21. The summed E-state index contributed by atoms with van der Waals surface area (Å²) in [6.45, 7) is 2.69. The van der Waals surface area contributed by atoms with Crippen LogP contribution in [-0.2, 0) is 20.9 Å². The molecule has 0 radical (unpaired) electrons. The Morgan fingerprint density at radius 3 is 2.83 bits per heavy atom. The van der Waals surface area contributed by atoms with Crippen molar-refractivity contribution in [2.75, 3.05) is 25.2 Å². The van der Waals surface area contributed by atoms with Crippen LogP contribution in [0.1, 0.15) is 25.1 Å². The predicted molar refractivity (Wildman–Crippen MR) is 109 cm³/mol. The number of benzene rings is 2. The molecule has 150 valence electrons. The van der Waals surface area contributed by atoms with Crippen LogP contribution in [0.2, 0.25) is 0 Å². The zero-order valence-electron chi connectivity index (χ0n) is 16.5. The van der Waals surface area contributed by atoms with Gasteiger partial charge in [-0.15, -0.1) is 0 Å². The highest BCUT2D eigenvalue weighted by Gasteiger charge is 2.35. The second-order valence-electron chi connectivity index (χ2n) is 6.96. The van der Waals surface area contributed by atoms with E-state index in [1.165, 1.54) is 0 Å². The maximum Gasteiger partial charge on any atom is 0.326 e. The van der Waals surface area contributed by atoms with Crippen LogP contribution < -0.4 is 9.64 Å². The van der Waals surface area contributed by atoms with E-state index in [0.717, 1.165) is 22.5 Å². The number of rotatable bonds is 6. The second-order valence-corrected chi connectivity index (χ2v) is 6.96. The number of nitrogens with zero attached hydrogens (tertiary/aromatic N) is 3. The third-order valence-corrected chi connectivity index (χ3v) is 5.13. The van der Waals surface area contributed by atoms with Crippen molar-refractivity contribution in [3.8, 4) is 5.75 Å². The Bertz CT molecular complexity index is 1060. The first-order valence-corrected chi connectivity index (χ1v) is 9.66. The van der Waals surface area contributed by atoms with Crippen molar-refractivity contribution in [3.63, 3.8) is 0 Å². The summed E-state index contributed by atoms with van der Waals surface area (Å²) in [7, 11) is 1.60. The molecule has 0 N–H and O–H groups in total. The molecule has 0 spiro atoms. The van der Waals surface area contributed by atoms with Crippen molar-refractivity contribution >= 4 is 28.6 Å². The van der Waals surface area contributed by atoms with Gasteiger partial charge in [0.1, 0.15) is 18.1 Å². The standard InChI is InChI=1S/C22H23N3O4/c1-3-29-21(27)14-25-19-10-5-4-9-18(19)23-22(25)15-11-20(26)24(13-15)16-7-6-8-17(12-16)28-2/h4-10,12,15H,3,11,13-14H2,1-2H3. The van der Waals surface area contributed by atoms with Crippen molar-refractivity contribution in [1.82, 2.24) is 9.55 Å². The van der Waals surface area contributed by atoms with E-state index in [9.17, 15) is 9.59 Å². The molecule has 0 bridgehead atoms. The van der Waals surface area contributed by atoms with Crippen molar-refractivity contribution in [1.29, 1.82) is 0 Å². The average molecular weight is 393 g/mol. The molecule has 1 atom stereocenters. The monoisotopic (exact) mass is 393 g/mol. The summed E-state index contributed by atoms with van der Waals surface area (Å²) in [6, 6.07) is 15.1. The number of hydrogen-bond acceptors (Lipinski definition) is 5. The minimum Gasteiger partial charge on any atom is -0.497 e. The molecule has 1 amide bonds. The molecule has 3 aromatic rings. The van der Waals surface area contributed by atoms with Gasteiger partial charge in [0.25, 0.3) is 0 Å². The van der Waals surface area contributed by atoms with Crippen molar-refractivity contribution < 1.29 is 19.1 Å². The first-order chi connectivity index (χ1) is 14.1. The van der Waals surface area contributed by atoms with E-state index >= 15 is 0 Å². The number of hydrogen-bond donors (Lipinski definition) is 0. The normalized spacial score (nSPS) is 16.4. The molecule has 1 aromatic heterocycles. The van der Waals surface area contributed by atoms with Crippen LogP contribution in [0.4, 0.5) is 5.69 Å². The highest BCUT2D eigenvalue weighted by atomic mass is 16.5. The highest BCUT2D eigenvalue weighted by molar-refractivity contribution is 5.96. The Kier molecular flexibility index (Phi) is 5.20. The Morgan fingerprint density at radius 2 is 2.03 bits per heavy atom. The van der Waals surface area contributed by atoms with Gasteiger partial charge in [0.15, 0.2) is 0 Å². The van der Waals surface area contributed by atoms with Crippen LogP contribution in [0.15, 0.2) is 48.5 Å². The molecule has 1 unspecified atom stereocenters. The lowest BCUT2D eigenvalue weighted by atomic mass is 10.1. The van der Waals surface area contributed by atoms with E-state index in [4.69, 9.17) is 14.5 Å². The van der Waals surface area contributed by atoms with E-state index in [0.29, 0.717) is 25.3 Å². The van der Waals surface area contributed by atoms with Gasteiger partial charge in [-0.25, -0.2) is 4.98 Å². The number of carbonyl (C=O) groups excluding carboxylic acids is 2. The molecule has 7 heteroatoms. The van der Waals surface area contributed by atoms with Gasteiger partial charge in [-0.1, -0.05) is 18.2 Å². The summed E-state index contributed by atoms with van der Waals surface area (Å²) < 4.78 is 12.3. The highest BCUT2D eigenvalue weighted by Crippen LogP contribution is 2.34. The van der Waals surface area contributed by atoms with Crippen LogP contribution in [-0.4, -0.2) is 41.7 Å². The van der Waals surface area contributed by atoms with Gasteiger partial charge in [0, 0.05) is 30.6 Å². The predicted octanol–water partition coefficient (Wildman–Crippen LogP) is 3.13. The summed E-state index contributed by atoms with van der Waals surface area (Å²) in [5.41, 5.74) is 2.46. The van der Waals surface area contributed by atoms with Crippen molar-refractivity contribution in [3.05, 3.63) is 54.4 Å². The number of fused-ring (bicyclic) bond motifs is 1. The number of carbonyl (C=O) groups is 2. The fourth-order valence-electron chi connectivity index (χ4n) is 3.82. The molecule has 4 rings (SSSR count). The molecule has 1 aliphatic rings. The van der Waals surface area contributed by atoms with Crippen LogP contribution in [0, 0.1) is 0 Å². The number of esters is 1. The molecule has 1 saturated heterocycles. The summed E-state index contributed by atoms with van der Waals surface area (Å²) >= 11 is 0. The maximum atomic E-state index is 12.8. The largest absolute Gasteiger partial charge is 0.497 e.